The molecule has 0 spiro atoms. The van der Waals surface area contributed by atoms with Crippen LogP contribution in [0, 0.1) is 6.92 Å². The molecule has 6 heteroatoms. The molecule has 0 saturated carbocycles. The van der Waals surface area contributed by atoms with Crippen molar-refractivity contribution < 1.29 is 9.53 Å². The molecule has 2 atom stereocenters. The average molecular weight is 313 g/mol. The van der Waals surface area contributed by atoms with E-state index in [1.807, 2.05) is 27.7 Å². The number of ether oxygens (including phenoxy) is 1. The Kier molecular flexibility index (Phi) is 6.61. The van der Waals surface area contributed by atoms with Gasteiger partial charge in [-0.25, -0.2) is 9.78 Å². The van der Waals surface area contributed by atoms with E-state index < -0.39 is 5.60 Å². The number of rotatable bonds is 6. The number of nitrogens with zero attached hydrogens (tertiary/aromatic N) is 1. The summed E-state index contributed by atoms with van der Waals surface area (Å²) in [6, 6.07) is 0.356. The highest BCUT2D eigenvalue weighted by Gasteiger charge is 2.18. The average Bonchev–Trinajstić information content (AvgIpc) is 2.79. The number of nitrogens with one attached hydrogen (secondary N) is 2. The highest BCUT2D eigenvalue weighted by atomic mass is 32.1. The molecular weight excluding hydrogens is 286 g/mol. The van der Waals surface area contributed by atoms with Gasteiger partial charge in [-0.05, 0) is 41.0 Å². The Morgan fingerprint density at radius 3 is 2.62 bits per heavy atom. The van der Waals surface area contributed by atoms with Gasteiger partial charge in [-0.1, -0.05) is 6.92 Å². The van der Waals surface area contributed by atoms with E-state index in [0.29, 0.717) is 6.54 Å². The molecule has 0 aliphatic carbocycles. The maximum absolute atomic E-state index is 11.7. The number of alkyl carbamates (subject to hydrolysis) is 1. The summed E-state index contributed by atoms with van der Waals surface area (Å²) in [6.07, 6.45) is 0.545. The van der Waals surface area contributed by atoms with Crippen LogP contribution in [0.5, 0.6) is 0 Å². The highest BCUT2D eigenvalue weighted by molar-refractivity contribution is 7.09. The first kappa shape index (κ1) is 17.9. The normalized spacial score (nSPS) is 14.6. The first-order chi connectivity index (χ1) is 9.71. The minimum absolute atomic E-state index is 0.167. The molecule has 0 bridgehead atoms. The largest absolute Gasteiger partial charge is 0.444 e. The predicted octanol–water partition coefficient (Wildman–Crippen LogP) is 3.41. The van der Waals surface area contributed by atoms with Crippen LogP contribution in [0.2, 0.25) is 0 Å². The van der Waals surface area contributed by atoms with Crippen LogP contribution in [0.3, 0.4) is 0 Å². The van der Waals surface area contributed by atoms with E-state index in [4.69, 9.17) is 4.74 Å². The molecule has 0 radical (unpaired) electrons. The van der Waals surface area contributed by atoms with Gasteiger partial charge < -0.3 is 15.4 Å². The molecular formula is C15H27N3O2S. The molecule has 1 rings (SSSR count). The summed E-state index contributed by atoms with van der Waals surface area (Å²) < 4.78 is 5.24. The Hall–Kier alpha value is -1.14. The monoisotopic (exact) mass is 313 g/mol. The molecule has 2 unspecified atom stereocenters. The molecule has 0 saturated heterocycles. The zero-order valence-corrected chi connectivity index (χ0v) is 14.6. The van der Waals surface area contributed by atoms with E-state index in [1.54, 1.807) is 11.3 Å². The highest BCUT2D eigenvalue weighted by Crippen LogP contribution is 2.16. The van der Waals surface area contributed by atoms with E-state index in [0.717, 1.165) is 17.1 Å². The van der Waals surface area contributed by atoms with Crippen LogP contribution >= 0.6 is 11.3 Å². The van der Waals surface area contributed by atoms with E-state index in [2.05, 4.69) is 34.8 Å². The van der Waals surface area contributed by atoms with Crippen LogP contribution in [0.4, 0.5) is 4.79 Å². The van der Waals surface area contributed by atoms with Crippen molar-refractivity contribution in [2.75, 3.05) is 6.54 Å². The molecule has 120 valence electrons. The van der Waals surface area contributed by atoms with Crippen LogP contribution < -0.4 is 10.6 Å². The molecule has 21 heavy (non-hydrogen) atoms. The van der Waals surface area contributed by atoms with Gasteiger partial charge in [0.2, 0.25) is 0 Å². The van der Waals surface area contributed by atoms with Crippen LogP contribution in [0.1, 0.15) is 57.8 Å². The van der Waals surface area contributed by atoms with Crippen LogP contribution in [-0.2, 0) is 4.74 Å². The Morgan fingerprint density at radius 1 is 1.48 bits per heavy atom. The number of carbonyl (C=O) groups is 1. The van der Waals surface area contributed by atoms with Crippen LogP contribution in [0.15, 0.2) is 5.38 Å². The number of hydrogen-bond donors (Lipinski definition) is 2. The lowest BCUT2D eigenvalue weighted by Crippen LogP contribution is -2.43. The zero-order valence-electron chi connectivity index (χ0n) is 13.8. The second-order valence-electron chi connectivity index (χ2n) is 6.17. The lowest BCUT2D eigenvalue weighted by atomic mass is 10.1. The molecule has 1 amide bonds. The van der Waals surface area contributed by atoms with E-state index in [-0.39, 0.29) is 18.2 Å². The lowest BCUT2D eigenvalue weighted by molar-refractivity contribution is 0.0521. The van der Waals surface area contributed by atoms with Gasteiger partial charge in [0.05, 0.1) is 10.7 Å². The van der Waals surface area contributed by atoms with Crippen molar-refractivity contribution in [2.45, 2.75) is 65.6 Å². The quantitative estimate of drug-likeness (QED) is 0.845. The van der Waals surface area contributed by atoms with Crippen molar-refractivity contribution in [3.63, 3.8) is 0 Å². The summed E-state index contributed by atoms with van der Waals surface area (Å²) in [7, 11) is 0. The van der Waals surface area contributed by atoms with Crippen molar-refractivity contribution in [3.05, 3.63) is 16.1 Å². The van der Waals surface area contributed by atoms with Gasteiger partial charge in [0.1, 0.15) is 5.60 Å². The van der Waals surface area contributed by atoms with Crippen molar-refractivity contribution in [3.8, 4) is 0 Å². The smallest absolute Gasteiger partial charge is 0.407 e. The minimum atomic E-state index is -0.468. The fourth-order valence-corrected chi connectivity index (χ4v) is 2.57. The SMILES string of the molecule is CCC(CNC(=O)OC(C)(C)C)NC(C)c1csc(C)n1. The third kappa shape index (κ3) is 6.91. The number of thiazole rings is 1. The number of aryl methyl sites for hydroxylation is 1. The number of hydrogen-bond acceptors (Lipinski definition) is 5. The minimum Gasteiger partial charge on any atom is -0.444 e. The predicted molar refractivity (Wildman–Crippen MR) is 86.7 cm³/mol. The van der Waals surface area contributed by atoms with E-state index in [1.165, 1.54) is 0 Å². The third-order valence-electron chi connectivity index (χ3n) is 2.95. The molecule has 1 heterocycles. The summed E-state index contributed by atoms with van der Waals surface area (Å²) in [5.74, 6) is 0. The second kappa shape index (κ2) is 7.75. The standard InChI is InChI=1S/C15H27N3O2S/c1-7-12(8-16-14(19)20-15(4,5)6)17-10(2)13-9-21-11(3)18-13/h9-10,12,17H,7-8H2,1-6H3,(H,16,19). The summed E-state index contributed by atoms with van der Waals surface area (Å²) in [5.41, 5.74) is 0.582. The number of carbonyl (C=O) groups excluding carboxylic acids is 1. The molecule has 1 aromatic heterocycles. The van der Waals surface area contributed by atoms with Crippen LogP contribution in [-0.4, -0.2) is 29.3 Å². The first-order valence-corrected chi connectivity index (χ1v) is 8.24. The maximum Gasteiger partial charge on any atom is 0.407 e. The van der Waals surface area contributed by atoms with Gasteiger partial charge in [-0.2, -0.15) is 0 Å². The Balaban J connectivity index is 2.43. The van der Waals surface area contributed by atoms with Gasteiger partial charge in [-0.3, -0.25) is 0 Å². The summed E-state index contributed by atoms with van der Waals surface area (Å²) >= 11 is 1.65. The zero-order chi connectivity index (χ0) is 16.0. The van der Waals surface area contributed by atoms with Gasteiger partial charge >= 0.3 is 6.09 Å². The molecule has 0 aliphatic heterocycles. The summed E-state index contributed by atoms with van der Waals surface area (Å²) in [5, 5.41) is 9.44. The van der Waals surface area contributed by atoms with Crippen molar-refractivity contribution in [1.29, 1.82) is 0 Å². The van der Waals surface area contributed by atoms with E-state index >= 15 is 0 Å². The molecule has 2 N–H and O–H groups in total. The Morgan fingerprint density at radius 2 is 2.14 bits per heavy atom. The third-order valence-corrected chi connectivity index (χ3v) is 3.74. The molecule has 0 aromatic carbocycles. The fraction of sp³-hybridized carbons (Fsp3) is 0.733. The van der Waals surface area contributed by atoms with Gasteiger partial charge in [0.25, 0.3) is 0 Å². The van der Waals surface area contributed by atoms with Gasteiger partial charge in [-0.15, -0.1) is 11.3 Å². The Labute approximate surface area is 131 Å². The second-order valence-corrected chi connectivity index (χ2v) is 7.23. The molecule has 0 fully saturated rings. The number of aromatic nitrogens is 1. The molecule has 1 aromatic rings. The summed E-state index contributed by atoms with van der Waals surface area (Å²) in [4.78, 5) is 16.2. The van der Waals surface area contributed by atoms with Crippen molar-refractivity contribution >= 4 is 17.4 Å². The summed E-state index contributed by atoms with van der Waals surface area (Å²) in [6.45, 7) is 12.3. The van der Waals surface area contributed by atoms with Crippen molar-refractivity contribution in [2.24, 2.45) is 0 Å². The first-order valence-electron chi connectivity index (χ1n) is 7.36. The van der Waals surface area contributed by atoms with Gasteiger partial charge in [0, 0.05) is 24.0 Å². The molecule has 5 nitrogen and oxygen atoms in total. The molecule has 0 aliphatic rings. The maximum atomic E-state index is 11.7. The fourth-order valence-electron chi connectivity index (χ4n) is 1.86. The number of amides is 1. The topological polar surface area (TPSA) is 63.2 Å². The van der Waals surface area contributed by atoms with Crippen molar-refractivity contribution in [1.82, 2.24) is 15.6 Å². The lowest BCUT2D eigenvalue weighted by Gasteiger charge is -2.24. The van der Waals surface area contributed by atoms with E-state index in [9.17, 15) is 4.79 Å². The van der Waals surface area contributed by atoms with Gasteiger partial charge in [0.15, 0.2) is 0 Å². The van der Waals surface area contributed by atoms with Crippen LogP contribution in [0.25, 0.3) is 0 Å². The Bertz CT molecular complexity index is 454.